The topological polar surface area (TPSA) is 32.3 Å². The summed E-state index contributed by atoms with van der Waals surface area (Å²) in [5.74, 6) is 0.0242. The average Bonchev–Trinajstić information content (AvgIpc) is 2.98. The number of nitrogens with one attached hydrogen (secondary N) is 1. The summed E-state index contributed by atoms with van der Waals surface area (Å²) in [6, 6.07) is 11.8. The maximum absolute atomic E-state index is 12.3. The van der Waals surface area contributed by atoms with Crippen molar-refractivity contribution in [1.82, 2.24) is 5.32 Å². The quantitative estimate of drug-likeness (QED) is 0.792. The zero-order chi connectivity index (χ0) is 18.7. The van der Waals surface area contributed by atoms with Gasteiger partial charge in [-0.25, -0.2) is 0 Å². The predicted octanol–water partition coefficient (Wildman–Crippen LogP) is 4.94. The predicted molar refractivity (Wildman–Crippen MR) is 108 cm³/mol. The van der Waals surface area contributed by atoms with Crippen LogP contribution >= 0.6 is 23.2 Å². The van der Waals surface area contributed by atoms with Gasteiger partial charge in [0.1, 0.15) is 5.66 Å². The van der Waals surface area contributed by atoms with E-state index < -0.39 is 5.66 Å². The Morgan fingerprint density at radius 1 is 1.15 bits per heavy atom. The zero-order valence-corrected chi connectivity index (χ0v) is 16.4. The van der Waals surface area contributed by atoms with Crippen LogP contribution in [0.4, 0.5) is 5.69 Å². The summed E-state index contributed by atoms with van der Waals surface area (Å²) in [6.45, 7) is 6.78. The van der Waals surface area contributed by atoms with Crippen molar-refractivity contribution in [2.45, 2.75) is 31.8 Å². The van der Waals surface area contributed by atoms with Crippen molar-refractivity contribution in [3.63, 3.8) is 0 Å². The van der Waals surface area contributed by atoms with Crippen LogP contribution in [0.1, 0.15) is 30.5 Å². The molecule has 0 saturated carbocycles. The SMILES string of the molecule is Cc1ccc2c(c1)C(C)(C)C1(C=Cc3ccc(Cl)cc3Cl)NC(=O)CN21. The number of anilines is 1. The highest BCUT2D eigenvalue weighted by atomic mass is 35.5. The van der Waals surface area contributed by atoms with Crippen LogP contribution in [-0.4, -0.2) is 18.1 Å². The monoisotopic (exact) mass is 386 g/mol. The van der Waals surface area contributed by atoms with Crippen molar-refractivity contribution in [2.75, 3.05) is 11.4 Å². The smallest absolute Gasteiger partial charge is 0.241 e. The molecule has 0 aromatic heterocycles. The van der Waals surface area contributed by atoms with Gasteiger partial charge < -0.3 is 10.2 Å². The summed E-state index contributed by atoms with van der Waals surface area (Å²) in [5.41, 5.74) is 3.51. The molecule has 2 heterocycles. The molecule has 0 spiro atoms. The molecule has 4 rings (SSSR count). The molecular formula is C21H20Cl2N2O. The largest absolute Gasteiger partial charge is 0.335 e. The fraction of sp³-hybridized carbons (Fsp3) is 0.286. The number of amides is 1. The molecule has 134 valence electrons. The number of carbonyl (C=O) groups excluding carboxylic acids is 1. The number of nitrogens with zero attached hydrogens (tertiary/aromatic N) is 1. The second kappa shape index (κ2) is 5.77. The summed E-state index contributed by atoms with van der Waals surface area (Å²) in [4.78, 5) is 14.5. The van der Waals surface area contributed by atoms with E-state index in [4.69, 9.17) is 23.2 Å². The zero-order valence-electron chi connectivity index (χ0n) is 14.9. The van der Waals surface area contributed by atoms with E-state index in [0.717, 1.165) is 11.3 Å². The molecule has 2 aliphatic rings. The van der Waals surface area contributed by atoms with Gasteiger partial charge in [-0.1, -0.05) is 66.9 Å². The Labute approximate surface area is 163 Å². The molecule has 1 atom stereocenters. The molecular weight excluding hydrogens is 367 g/mol. The van der Waals surface area contributed by atoms with E-state index in [1.165, 1.54) is 11.1 Å². The first-order valence-corrected chi connectivity index (χ1v) is 9.34. The van der Waals surface area contributed by atoms with Crippen LogP contribution < -0.4 is 10.2 Å². The van der Waals surface area contributed by atoms with Gasteiger partial charge in [-0.05, 0) is 42.3 Å². The first-order chi connectivity index (χ1) is 12.2. The summed E-state index contributed by atoms with van der Waals surface area (Å²) in [7, 11) is 0. The highest BCUT2D eigenvalue weighted by molar-refractivity contribution is 6.35. The molecule has 0 radical (unpaired) electrons. The third-order valence-corrected chi connectivity index (χ3v) is 6.16. The second-order valence-corrected chi connectivity index (χ2v) is 8.39. The number of fused-ring (bicyclic) bond motifs is 3. The number of carbonyl (C=O) groups is 1. The number of halogens is 2. The Bertz CT molecular complexity index is 951. The lowest BCUT2D eigenvalue weighted by atomic mass is 9.75. The molecule has 1 saturated heterocycles. The van der Waals surface area contributed by atoms with Crippen LogP contribution in [0.5, 0.6) is 0 Å². The summed E-state index contributed by atoms with van der Waals surface area (Å²) < 4.78 is 0. The van der Waals surface area contributed by atoms with Crippen LogP contribution in [0.15, 0.2) is 42.5 Å². The van der Waals surface area contributed by atoms with E-state index in [9.17, 15) is 4.79 Å². The van der Waals surface area contributed by atoms with Crippen LogP contribution in [0, 0.1) is 6.92 Å². The van der Waals surface area contributed by atoms with Crippen molar-refractivity contribution in [3.05, 3.63) is 69.2 Å². The van der Waals surface area contributed by atoms with Crippen molar-refractivity contribution in [3.8, 4) is 0 Å². The van der Waals surface area contributed by atoms with Gasteiger partial charge in [0.05, 0.1) is 6.54 Å². The molecule has 26 heavy (non-hydrogen) atoms. The Morgan fingerprint density at radius 3 is 2.65 bits per heavy atom. The molecule has 2 aromatic carbocycles. The van der Waals surface area contributed by atoms with Gasteiger partial charge in [0.15, 0.2) is 0 Å². The molecule has 1 unspecified atom stereocenters. The van der Waals surface area contributed by atoms with Gasteiger partial charge in [0.2, 0.25) is 5.91 Å². The van der Waals surface area contributed by atoms with Crippen LogP contribution in [0.2, 0.25) is 10.0 Å². The highest BCUT2D eigenvalue weighted by Gasteiger charge is 2.59. The van der Waals surface area contributed by atoms with Gasteiger partial charge >= 0.3 is 0 Å². The third-order valence-electron chi connectivity index (χ3n) is 5.59. The number of benzene rings is 2. The van der Waals surface area contributed by atoms with Crippen molar-refractivity contribution >= 4 is 40.9 Å². The number of hydrogen-bond acceptors (Lipinski definition) is 2. The molecule has 2 aromatic rings. The van der Waals surface area contributed by atoms with E-state index in [1.807, 2.05) is 18.2 Å². The first-order valence-electron chi connectivity index (χ1n) is 8.59. The standard InChI is InChI=1S/C21H20Cl2N2O/c1-13-4-7-18-16(10-13)20(2,3)21(24-19(26)12-25(18)21)9-8-14-5-6-15(22)11-17(14)23/h4-11H,12H2,1-3H3,(H,24,26). The first kappa shape index (κ1) is 17.4. The van der Waals surface area contributed by atoms with Crippen molar-refractivity contribution in [2.24, 2.45) is 0 Å². The lowest BCUT2D eigenvalue weighted by Crippen LogP contribution is -2.58. The summed E-state index contributed by atoms with van der Waals surface area (Å²) in [6.07, 6.45) is 4.03. The Morgan fingerprint density at radius 2 is 1.92 bits per heavy atom. The number of aryl methyl sites for hydroxylation is 1. The molecule has 5 heteroatoms. The van der Waals surface area contributed by atoms with Gasteiger partial charge in [-0.15, -0.1) is 0 Å². The minimum absolute atomic E-state index is 0.0242. The number of hydrogen-bond donors (Lipinski definition) is 1. The van der Waals surface area contributed by atoms with E-state index >= 15 is 0 Å². The van der Waals surface area contributed by atoms with Gasteiger partial charge in [0, 0.05) is 21.1 Å². The minimum atomic E-state index is -0.622. The Kier molecular flexibility index (Phi) is 3.87. The molecule has 0 bridgehead atoms. The average molecular weight is 387 g/mol. The van der Waals surface area contributed by atoms with Gasteiger partial charge in [-0.3, -0.25) is 4.79 Å². The van der Waals surface area contributed by atoms with Gasteiger partial charge in [0.25, 0.3) is 0 Å². The van der Waals surface area contributed by atoms with Crippen molar-refractivity contribution in [1.29, 1.82) is 0 Å². The normalized spacial score (nSPS) is 23.3. The summed E-state index contributed by atoms with van der Waals surface area (Å²) >= 11 is 12.3. The molecule has 1 amide bonds. The second-order valence-electron chi connectivity index (χ2n) is 7.55. The summed E-state index contributed by atoms with van der Waals surface area (Å²) in [5, 5.41) is 4.41. The van der Waals surface area contributed by atoms with Crippen LogP contribution in [-0.2, 0) is 10.2 Å². The Hall–Kier alpha value is -1.97. The Balaban J connectivity index is 1.85. The molecule has 3 nitrogen and oxygen atoms in total. The van der Waals surface area contributed by atoms with E-state index in [-0.39, 0.29) is 11.3 Å². The van der Waals surface area contributed by atoms with Crippen molar-refractivity contribution < 1.29 is 4.79 Å². The van der Waals surface area contributed by atoms with E-state index in [0.29, 0.717) is 16.6 Å². The maximum atomic E-state index is 12.3. The molecule has 1 N–H and O–H groups in total. The highest BCUT2D eigenvalue weighted by Crippen LogP contribution is 2.53. The molecule has 2 aliphatic heterocycles. The third kappa shape index (κ3) is 2.38. The number of rotatable bonds is 2. The van der Waals surface area contributed by atoms with E-state index in [2.05, 4.69) is 55.3 Å². The fourth-order valence-electron chi connectivity index (χ4n) is 4.13. The minimum Gasteiger partial charge on any atom is -0.335 e. The van der Waals surface area contributed by atoms with E-state index in [1.54, 1.807) is 6.07 Å². The lowest BCUT2D eigenvalue weighted by Gasteiger charge is -2.40. The lowest BCUT2D eigenvalue weighted by molar-refractivity contribution is -0.118. The van der Waals surface area contributed by atoms with Crippen LogP contribution in [0.3, 0.4) is 0 Å². The fourth-order valence-corrected chi connectivity index (χ4v) is 4.61. The maximum Gasteiger partial charge on any atom is 0.241 e. The van der Waals surface area contributed by atoms with Gasteiger partial charge in [-0.2, -0.15) is 0 Å². The molecule has 1 fully saturated rings. The van der Waals surface area contributed by atoms with Crippen LogP contribution in [0.25, 0.3) is 6.08 Å². The molecule has 0 aliphatic carbocycles.